The number of hydrogen-bond acceptors (Lipinski definition) is 3. The summed E-state index contributed by atoms with van der Waals surface area (Å²) in [4.78, 5) is 0. The van der Waals surface area contributed by atoms with Crippen LogP contribution in [0.4, 0.5) is 0 Å². The molecule has 0 unspecified atom stereocenters. The first kappa shape index (κ1) is 8.72. The highest BCUT2D eigenvalue weighted by atomic mass is 16.5. The molecule has 2 rings (SSSR count). The topological polar surface area (TPSA) is 39.1 Å². The number of aryl methyl sites for hydroxylation is 1. The Balaban J connectivity index is 1.79. The van der Waals surface area contributed by atoms with Crippen molar-refractivity contribution < 1.29 is 4.74 Å². The molecule has 2 heterocycles. The fourth-order valence-corrected chi connectivity index (χ4v) is 1.29. The molecule has 1 aliphatic heterocycles. The number of hydrogen-bond donors (Lipinski definition) is 1. The Kier molecular flexibility index (Phi) is 2.61. The fourth-order valence-electron chi connectivity index (χ4n) is 1.29. The van der Waals surface area contributed by atoms with Crippen LogP contribution in [0.25, 0.3) is 0 Å². The van der Waals surface area contributed by atoms with Crippen molar-refractivity contribution in [3.05, 3.63) is 18.0 Å². The fraction of sp³-hybridized carbons (Fsp3) is 0.667. The Morgan fingerprint density at radius 3 is 3.08 bits per heavy atom. The van der Waals surface area contributed by atoms with E-state index in [9.17, 15) is 0 Å². The molecule has 0 aliphatic carbocycles. The first-order chi connectivity index (χ1) is 6.38. The highest BCUT2D eigenvalue weighted by Crippen LogP contribution is 2.02. The van der Waals surface area contributed by atoms with Gasteiger partial charge in [-0.05, 0) is 6.92 Å². The standard InChI is InChI=1S/C9H15N3O/c1-2-12-5-8(4-11-12)3-10-9-6-13-7-9/h4-5,9-10H,2-3,6-7H2,1H3. The first-order valence-electron chi connectivity index (χ1n) is 4.71. The lowest BCUT2D eigenvalue weighted by Crippen LogP contribution is -2.45. The lowest BCUT2D eigenvalue weighted by atomic mass is 10.2. The third-order valence-electron chi connectivity index (χ3n) is 2.24. The monoisotopic (exact) mass is 181 g/mol. The summed E-state index contributed by atoms with van der Waals surface area (Å²) in [5, 5.41) is 7.60. The minimum atomic E-state index is 0.546. The molecule has 0 saturated carbocycles. The minimum Gasteiger partial charge on any atom is -0.378 e. The summed E-state index contributed by atoms with van der Waals surface area (Å²) >= 11 is 0. The van der Waals surface area contributed by atoms with E-state index >= 15 is 0 Å². The van der Waals surface area contributed by atoms with Gasteiger partial charge in [0.15, 0.2) is 0 Å². The zero-order valence-electron chi connectivity index (χ0n) is 7.86. The first-order valence-corrected chi connectivity index (χ1v) is 4.71. The smallest absolute Gasteiger partial charge is 0.0643 e. The Morgan fingerprint density at radius 2 is 2.54 bits per heavy atom. The van der Waals surface area contributed by atoms with Crippen LogP contribution in [0.3, 0.4) is 0 Å². The summed E-state index contributed by atoms with van der Waals surface area (Å²) in [6.07, 6.45) is 3.99. The summed E-state index contributed by atoms with van der Waals surface area (Å²) in [6, 6.07) is 0.546. The Hall–Kier alpha value is -0.870. The van der Waals surface area contributed by atoms with Crippen molar-refractivity contribution in [1.82, 2.24) is 15.1 Å². The molecule has 1 aromatic heterocycles. The van der Waals surface area contributed by atoms with Gasteiger partial charge in [-0.15, -0.1) is 0 Å². The van der Waals surface area contributed by atoms with E-state index in [1.165, 1.54) is 5.56 Å². The van der Waals surface area contributed by atoms with Gasteiger partial charge in [-0.1, -0.05) is 0 Å². The van der Waals surface area contributed by atoms with Crippen molar-refractivity contribution in [1.29, 1.82) is 0 Å². The zero-order valence-corrected chi connectivity index (χ0v) is 7.86. The van der Waals surface area contributed by atoms with Crippen LogP contribution in [0.2, 0.25) is 0 Å². The molecule has 0 spiro atoms. The molecule has 13 heavy (non-hydrogen) atoms. The van der Waals surface area contributed by atoms with Crippen LogP contribution in [-0.2, 0) is 17.8 Å². The Morgan fingerprint density at radius 1 is 1.69 bits per heavy atom. The largest absolute Gasteiger partial charge is 0.378 e. The maximum atomic E-state index is 5.07. The van der Waals surface area contributed by atoms with Gasteiger partial charge in [0.2, 0.25) is 0 Å². The van der Waals surface area contributed by atoms with Crippen LogP contribution in [0.1, 0.15) is 12.5 Å². The molecule has 0 amide bonds. The summed E-state index contributed by atoms with van der Waals surface area (Å²) < 4.78 is 7.01. The van der Waals surface area contributed by atoms with Crippen molar-refractivity contribution >= 4 is 0 Å². The molecule has 0 aromatic carbocycles. The van der Waals surface area contributed by atoms with Gasteiger partial charge in [0.1, 0.15) is 0 Å². The lowest BCUT2D eigenvalue weighted by molar-refractivity contribution is -0.00578. The SMILES string of the molecule is CCn1cc(CNC2COC2)cn1. The summed E-state index contributed by atoms with van der Waals surface area (Å²) in [5.74, 6) is 0. The molecule has 0 radical (unpaired) electrons. The molecule has 1 saturated heterocycles. The van der Waals surface area contributed by atoms with Gasteiger partial charge >= 0.3 is 0 Å². The summed E-state index contributed by atoms with van der Waals surface area (Å²) in [5.41, 5.74) is 1.24. The average Bonchev–Trinajstić information content (AvgIpc) is 2.49. The predicted molar refractivity (Wildman–Crippen MR) is 49.3 cm³/mol. The van der Waals surface area contributed by atoms with Gasteiger partial charge in [-0.2, -0.15) is 5.10 Å². The van der Waals surface area contributed by atoms with Crippen molar-refractivity contribution in [2.75, 3.05) is 13.2 Å². The molecule has 0 atom stereocenters. The number of nitrogens with one attached hydrogen (secondary N) is 1. The van der Waals surface area contributed by atoms with Crippen LogP contribution >= 0.6 is 0 Å². The Bertz CT molecular complexity index is 268. The summed E-state index contributed by atoms with van der Waals surface area (Å²) in [7, 11) is 0. The molecule has 4 nitrogen and oxygen atoms in total. The van der Waals surface area contributed by atoms with Crippen LogP contribution in [0.15, 0.2) is 12.4 Å². The van der Waals surface area contributed by atoms with Crippen molar-refractivity contribution in [2.24, 2.45) is 0 Å². The van der Waals surface area contributed by atoms with Gasteiger partial charge in [0, 0.05) is 24.8 Å². The van der Waals surface area contributed by atoms with Crippen molar-refractivity contribution in [3.8, 4) is 0 Å². The molecular weight excluding hydrogens is 166 g/mol. The second-order valence-corrected chi connectivity index (χ2v) is 3.32. The molecule has 0 bridgehead atoms. The van der Waals surface area contributed by atoms with E-state index in [2.05, 4.69) is 23.5 Å². The van der Waals surface area contributed by atoms with Gasteiger partial charge in [-0.25, -0.2) is 0 Å². The van der Waals surface area contributed by atoms with Gasteiger partial charge < -0.3 is 10.1 Å². The van der Waals surface area contributed by atoms with Crippen LogP contribution in [-0.4, -0.2) is 29.0 Å². The van der Waals surface area contributed by atoms with E-state index in [1.54, 1.807) is 0 Å². The summed E-state index contributed by atoms with van der Waals surface area (Å²) in [6.45, 7) is 5.62. The second kappa shape index (κ2) is 3.89. The highest BCUT2D eigenvalue weighted by molar-refractivity contribution is 5.03. The lowest BCUT2D eigenvalue weighted by Gasteiger charge is -2.26. The van der Waals surface area contributed by atoms with Crippen molar-refractivity contribution in [2.45, 2.75) is 26.1 Å². The number of rotatable bonds is 4. The average molecular weight is 181 g/mol. The van der Waals surface area contributed by atoms with E-state index < -0.39 is 0 Å². The Labute approximate surface area is 77.9 Å². The van der Waals surface area contributed by atoms with Crippen LogP contribution < -0.4 is 5.32 Å². The third kappa shape index (κ3) is 2.08. The number of ether oxygens (including phenoxy) is 1. The van der Waals surface area contributed by atoms with E-state index in [1.807, 2.05) is 10.9 Å². The molecular formula is C9H15N3O. The van der Waals surface area contributed by atoms with Crippen LogP contribution in [0.5, 0.6) is 0 Å². The number of aromatic nitrogens is 2. The molecule has 1 aliphatic rings. The van der Waals surface area contributed by atoms with Gasteiger partial charge in [0.25, 0.3) is 0 Å². The molecule has 1 N–H and O–H groups in total. The van der Waals surface area contributed by atoms with E-state index in [0.717, 1.165) is 26.3 Å². The van der Waals surface area contributed by atoms with E-state index in [0.29, 0.717) is 6.04 Å². The van der Waals surface area contributed by atoms with E-state index in [4.69, 9.17) is 4.74 Å². The van der Waals surface area contributed by atoms with Gasteiger partial charge in [0.05, 0.1) is 25.5 Å². The second-order valence-electron chi connectivity index (χ2n) is 3.32. The predicted octanol–water partition coefficient (Wildman–Crippen LogP) is 0.391. The molecule has 1 aromatic rings. The number of nitrogens with zero attached hydrogens (tertiary/aromatic N) is 2. The highest BCUT2D eigenvalue weighted by Gasteiger charge is 2.16. The minimum absolute atomic E-state index is 0.546. The maximum Gasteiger partial charge on any atom is 0.0643 e. The zero-order chi connectivity index (χ0) is 9.10. The molecule has 1 fully saturated rings. The quantitative estimate of drug-likeness (QED) is 0.730. The van der Waals surface area contributed by atoms with Crippen molar-refractivity contribution in [3.63, 3.8) is 0 Å². The normalized spacial score (nSPS) is 17.3. The molecule has 72 valence electrons. The molecule has 4 heteroatoms. The van der Waals surface area contributed by atoms with Gasteiger partial charge in [-0.3, -0.25) is 4.68 Å². The van der Waals surface area contributed by atoms with E-state index in [-0.39, 0.29) is 0 Å². The maximum absolute atomic E-state index is 5.07. The third-order valence-corrected chi connectivity index (χ3v) is 2.24. The van der Waals surface area contributed by atoms with Crippen LogP contribution in [0, 0.1) is 0 Å².